The van der Waals surface area contributed by atoms with Gasteiger partial charge in [-0.25, -0.2) is 4.79 Å². The van der Waals surface area contributed by atoms with Crippen LogP contribution in [0.1, 0.15) is 114 Å². The van der Waals surface area contributed by atoms with Crippen molar-refractivity contribution in [2.24, 2.45) is 23.0 Å². The van der Waals surface area contributed by atoms with E-state index in [1.807, 2.05) is 40.9 Å². The topological polar surface area (TPSA) is 163 Å². The number of hydrogen-bond donors (Lipinski definition) is 5. The fourth-order valence-corrected chi connectivity index (χ4v) is 5.39. The normalized spacial score (nSPS) is 19.0. The SMILES string of the molecule is CC.CCC.CC[C@H](C)C(CNSC)NC(=O)NC(C(=O)N1CCCC1C(=O)NC(CC1CCC1)C(=O)C(N)=O)C(C)(C)C. The van der Waals surface area contributed by atoms with E-state index in [2.05, 4.69) is 48.4 Å². The lowest BCUT2D eigenvalue weighted by Crippen LogP contribution is -2.61. The van der Waals surface area contributed by atoms with Gasteiger partial charge in [0.25, 0.3) is 5.91 Å². The highest BCUT2D eigenvalue weighted by atomic mass is 32.2. The van der Waals surface area contributed by atoms with Gasteiger partial charge in [0.15, 0.2) is 0 Å². The van der Waals surface area contributed by atoms with Crippen LogP contribution in [-0.4, -0.2) is 77.9 Å². The zero-order valence-electron chi connectivity index (χ0n) is 29.0. The second kappa shape index (κ2) is 21.4. The molecule has 0 aromatic heterocycles. The van der Waals surface area contributed by atoms with Gasteiger partial charge in [-0.15, -0.1) is 0 Å². The molecule has 1 aliphatic carbocycles. The number of hydrogen-bond acceptors (Lipinski definition) is 7. The molecule has 0 bridgehead atoms. The number of nitrogens with one attached hydrogen (secondary N) is 4. The lowest BCUT2D eigenvalue weighted by molar-refractivity contribution is -0.143. The molecule has 1 aliphatic heterocycles. The number of Topliss-reactive ketones (excluding diaryl/α,β-unsaturated/α-hetero) is 1. The summed E-state index contributed by atoms with van der Waals surface area (Å²) in [4.78, 5) is 65.7. The van der Waals surface area contributed by atoms with E-state index in [0.717, 1.165) is 25.7 Å². The van der Waals surface area contributed by atoms with Gasteiger partial charge in [0.1, 0.15) is 12.1 Å². The second-order valence-corrected chi connectivity index (χ2v) is 13.4. The smallest absolute Gasteiger partial charge is 0.315 e. The van der Waals surface area contributed by atoms with Gasteiger partial charge in [-0.2, -0.15) is 0 Å². The molecular formula is C32H62N6O5S. The molecule has 0 spiro atoms. The first kappa shape index (κ1) is 41.7. The van der Waals surface area contributed by atoms with Crippen molar-refractivity contribution in [2.75, 3.05) is 19.3 Å². The van der Waals surface area contributed by atoms with E-state index in [1.165, 1.54) is 23.3 Å². The molecule has 11 nitrogen and oxygen atoms in total. The number of carbonyl (C=O) groups excluding carboxylic acids is 5. The lowest BCUT2D eigenvalue weighted by Gasteiger charge is -2.36. The Kier molecular flexibility index (Phi) is 20.3. The van der Waals surface area contributed by atoms with Gasteiger partial charge in [-0.1, -0.05) is 106 Å². The minimum absolute atomic E-state index is 0.126. The number of nitrogens with zero attached hydrogens (tertiary/aromatic N) is 1. The van der Waals surface area contributed by atoms with Crippen LogP contribution in [0.2, 0.25) is 0 Å². The molecular weight excluding hydrogens is 580 g/mol. The Bertz CT molecular complexity index is 908. The molecule has 44 heavy (non-hydrogen) atoms. The molecule has 2 rings (SSSR count). The maximum absolute atomic E-state index is 13.8. The highest BCUT2D eigenvalue weighted by molar-refractivity contribution is 7.96. The summed E-state index contributed by atoms with van der Waals surface area (Å²) >= 11 is 1.48. The Morgan fingerprint density at radius 3 is 2.00 bits per heavy atom. The van der Waals surface area contributed by atoms with Gasteiger partial charge in [0.05, 0.1) is 6.04 Å². The Hall–Kier alpha value is -2.34. The quantitative estimate of drug-likeness (QED) is 0.140. The van der Waals surface area contributed by atoms with E-state index < -0.39 is 47.2 Å². The maximum Gasteiger partial charge on any atom is 0.315 e. The largest absolute Gasteiger partial charge is 0.363 e. The third-order valence-corrected chi connectivity index (χ3v) is 8.45. The monoisotopic (exact) mass is 642 g/mol. The summed E-state index contributed by atoms with van der Waals surface area (Å²) in [6.45, 7) is 18.9. The molecule has 0 radical (unpaired) electrons. The summed E-state index contributed by atoms with van der Waals surface area (Å²) in [6.07, 6.45) is 8.40. The van der Waals surface area contributed by atoms with E-state index in [0.29, 0.717) is 32.4 Å². The highest BCUT2D eigenvalue weighted by Gasteiger charge is 2.43. The third kappa shape index (κ3) is 13.7. The first-order valence-corrected chi connectivity index (χ1v) is 17.7. The molecule has 1 saturated carbocycles. The summed E-state index contributed by atoms with van der Waals surface area (Å²) in [5, 5.41) is 8.59. The van der Waals surface area contributed by atoms with Crippen LogP contribution >= 0.6 is 11.9 Å². The first-order valence-electron chi connectivity index (χ1n) is 16.5. The van der Waals surface area contributed by atoms with Crippen molar-refractivity contribution in [3.8, 4) is 0 Å². The Labute approximate surface area is 270 Å². The highest BCUT2D eigenvalue weighted by Crippen LogP contribution is 2.31. The Balaban J connectivity index is 0.00000347. The molecule has 5 amide bonds. The van der Waals surface area contributed by atoms with Crippen LogP contribution in [0.4, 0.5) is 4.79 Å². The minimum atomic E-state index is -1.08. The molecule has 1 heterocycles. The van der Waals surface area contributed by atoms with Crippen molar-refractivity contribution >= 4 is 41.5 Å². The fraction of sp³-hybridized carbons (Fsp3) is 0.844. The molecule has 12 heteroatoms. The van der Waals surface area contributed by atoms with Crippen LogP contribution in [0.15, 0.2) is 0 Å². The summed E-state index contributed by atoms with van der Waals surface area (Å²) in [5.41, 5.74) is 4.61. The molecule has 256 valence electrons. The molecule has 2 aliphatic rings. The van der Waals surface area contributed by atoms with Gasteiger partial charge < -0.3 is 26.6 Å². The predicted molar refractivity (Wildman–Crippen MR) is 180 cm³/mol. The zero-order chi connectivity index (χ0) is 34.0. The zero-order valence-corrected chi connectivity index (χ0v) is 29.8. The minimum Gasteiger partial charge on any atom is -0.363 e. The standard InChI is InChI=1S/C27H48N6O5S.C3H8.C2H6/c1-7-16(2)19(15-29-39-6)31-26(38)32-22(27(3,4)5)25(37)33-13-9-12-20(33)24(36)30-18(21(34)23(28)35)14-17-10-8-11-17;1-3-2;1-2/h16-20,22,29H,7-15H2,1-6H3,(H2,28,35)(H,30,36)(H2,31,32,38);3H2,1-2H3;1-2H3/t16-,18?,19?,20?,22?;;/m0../s1. The third-order valence-electron chi connectivity index (χ3n) is 7.99. The van der Waals surface area contributed by atoms with E-state index in [1.54, 1.807) is 0 Å². The van der Waals surface area contributed by atoms with Crippen LogP contribution in [0.5, 0.6) is 0 Å². The van der Waals surface area contributed by atoms with Crippen molar-refractivity contribution in [3.05, 3.63) is 0 Å². The van der Waals surface area contributed by atoms with Crippen LogP contribution < -0.4 is 26.4 Å². The number of rotatable bonds is 14. The van der Waals surface area contributed by atoms with Crippen molar-refractivity contribution in [1.29, 1.82) is 0 Å². The molecule has 5 atom stereocenters. The maximum atomic E-state index is 13.8. The van der Waals surface area contributed by atoms with E-state index >= 15 is 0 Å². The number of urea groups is 1. The number of nitrogens with two attached hydrogens (primary N) is 1. The van der Waals surface area contributed by atoms with E-state index in [-0.39, 0.29) is 23.8 Å². The summed E-state index contributed by atoms with van der Waals surface area (Å²) < 4.78 is 3.19. The van der Waals surface area contributed by atoms with Crippen LogP contribution in [0.25, 0.3) is 0 Å². The van der Waals surface area contributed by atoms with Gasteiger partial charge in [0.2, 0.25) is 17.6 Å². The first-order chi connectivity index (χ1) is 20.7. The lowest BCUT2D eigenvalue weighted by atomic mass is 9.80. The molecule has 0 aromatic rings. The molecule has 2 fully saturated rings. The van der Waals surface area contributed by atoms with E-state index in [4.69, 9.17) is 5.73 Å². The van der Waals surface area contributed by atoms with Crippen molar-refractivity contribution in [2.45, 2.75) is 138 Å². The summed E-state index contributed by atoms with van der Waals surface area (Å²) in [7, 11) is 0. The number of primary amides is 1. The molecule has 6 N–H and O–H groups in total. The van der Waals surface area contributed by atoms with Gasteiger partial charge in [0, 0.05) is 19.1 Å². The molecule has 4 unspecified atom stereocenters. The van der Waals surface area contributed by atoms with Gasteiger partial charge in [-0.3, -0.25) is 23.9 Å². The van der Waals surface area contributed by atoms with Crippen LogP contribution in [0, 0.1) is 17.3 Å². The summed E-state index contributed by atoms with van der Waals surface area (Å²) in [6, 6.07) is -3.24. The van der Waals surface area contributed by atoms with Gasteiger partial charge in [-0.05, 0) is 42.8 Å². The van der Waals surface area contributed by atoms with Crippen molar-refractivity contribution in [3.63, 3.8) is 0 Å². The average molecular weight is 643 g/mol. The van der Waals surface area contributed by atoms with E-state index in [9.17, 15) is 24.0 Å². The number of amides is 5. The fourth-order valence-electron chi connectivity index (χ4n) is 5.04. The summed E-state index contributed by atoms with van der Waals surface area (Å²) in [5.74, 6) is -2.24. The number of ketones is 1. The van der Waals surface area contributed by atoms with Gasteiger partial charge >= 0.3 is 6.03 Å². The average Bonchev–Trinajstić information content (AvgIpc) is 3.45. The number of likely N-dealkylation sites (tertiary alicyclic amines) is 1. The van der Waals surface area contributed by atoms with Crippen molar-refractivity contribution in [1.82, 2.24) is 25.6 Å². The van der Waals surface area contributed by atoms with Crippen molar-refractivity contribution < 1.29 is 24.0 Å². The Morgan fingerprint density at radius 2 is 1.55 bits per heavy atom. The van der Waals surface area contributed by atoms with Crippen LogP contribution in [-0.2, 0) is 19.2 Å². The molecule has 0 aromatic carbocycles. The molecule has 1 saturated heterocycles. The van der Waals surface area contributed by atoms with Crippen LogP contribution in [0.3, 0.4) is 0 Å². The second-order valence-electron chi connectivity index (χ2n) is 12.7. The Morgan fingerprint density at radius 1 is 0.955 bits per heavy atom. The number of carbonyl (C=O) groups is 5. The predicted octanol–water partition coefficient (Wildman–Crippen LogP) is 4.15.